The highest BCUT2D eigenvalue weighted by atomic mass is 32.2. The Balaban J connectivity index is 1.86. The number of thiophene rings is 1. The molecule has 10 heteroatoms. The van der Waals surface area contributed by atoms with Gasteiger partial charge in [-0.25, -0.2) is 4.68 Å². The molecule has 5 rings (SSSR count). The molecule has 3 heterocycles. The van der Waals surface area contributed by atoms with E-state index in [1.807, 2.05) is 67.2 Å². The van der Waals surface area contributed by atoms with Gasteiger partial charge in [-0.1, -0.05) is 38.1 Å². The van der Waals surface area contributed by atoms with Gasteiger partial charge in [-0.05, 0) is 60.5 Å². The van der Waals surface area contributed by atoms with Crippen molar-refractivity contribution in [3.8, 4) is 28.4 Å². The molecule has 0 radical (unpaired) electrons. The smallest absolute Gasteiger partial charge is 0.240 e. The maximum absolute atomic E-state index is 13.9. The second-order valence-electron chi connectivity index (χ2n) is 10.6. The Hall–Kier alpha value is -3.76. The molecule has 42 heavy (non-hydrogen) atoms. The monoisotopic (exact) mass is 604 g/mol. The average Bonchev–Trinajstić information content (AvgIpc) is 3.62. The van der Waals surface area contributed by atoms with Gasteiger partial charge in [-0.15, -0.1) is 23.1 Å². The Morgan fingerprint density at radius 1 is 1.07 bits per heavy atom. The van der Waals surface area contributed by atoms with E-state index < -0.39 is 0 Å². The van der Waals surface area contributed by atoms with Gasteiger partial charge in [0.1, 0.15) is 29.6 Å². The first-order valence-electron chi connectivity index (χ1n) is 13.9. The number of hydrogen-bond acceptors (Lipinski definition) is 7. The van der Waals surface area contributed by atoms with Crippen LogP contribution in [0.2, 0.25) is 0 Å². The van der Waals surface area contributed by atoms with E-state index in [1.165, 1.54) is 0 Å². The number of rotatable bonds is 9. The molecule has 1 atom stereocenters. The van der Waals surface area contributed by atoms with E-state index in [1.54, 1.807) is 42.2 Å². The third-order valence-electron chi connectivity index (χ3n) is 7.37. The summed E-state index contributed by atoms with van der Waals surface area (Å²) in [5.74, 6) is 1.93. The van der Waals surface area contributed by atoms with Crippen molar-refractivity contribution in [3.63, 3.8) is 0 Å². The molecular formula is C32H36N4O4S2. The normalized spacial score (nSPS) is 15.0. The van der Waals surface area contributed by atoms with Crippen LogP contribution in [-0.2, 0) is 9.59 Å². The first-order valence-corrected chi connectivity index (χ1v) is 15.8. The molecule has 0 unspecified atom stereocenters. The predicted octanol–water partition coefficient (Wildman–Crippen LogP) is 6.18. The minimum atomic E-state index is -0.215. The van der Waals surface area contributed by atoms with Crippen LogP contribution in [0.4, 0.5) is 5.82 Å². The van der Waals surface area contributed by atoms with Gasteiger partial charge >= 0.3 is 0 Å². The molecule has 0 fully saturated rings. The second-order valence-corrected chi connectivity index (χ2v) is 12.7. The number of carbonyl (C=O) groups is 2. The van der Waals surface area contributed by atoms with Gasteiger partial charge in [0.2, 0.25) is 11.8 Å². The lowest BCUT2D eigenvalue weighted by Crippen LogP contribution is -2.43. The summed E-state index contributed by atoms with van der Waals surface area (Å²) in [5, 5.41) is 10.1. The Labute approximate surface area is 255 Å². The van der Waals surface area contributed by atoms with Gasteiger partial charge in [0, 0.05) is 17.0 Å². The van der Waals surface area contributed by atoms with E-state index >= 15 is 0 Å². The summed E-state index contributed by atoms with van der Waals surface area (Å²) in [6, 6.07) is 15.8. The minimum absolute atomic E-state index is 0.116. The standard InChI is InChI=1S/C32H36N4O4S2/c1-19(2)16-33-26(37)17-35-27(38)18-42-31(25-14-9-15-41-25)29-30(28-23(39-5)12-8-13-24(28)40-6)34-36(32(29)35)22-11-7-10-20(3)21(22)4/h7-15,19,31H,16-18H2,1-6H3,(H,33,37)/t31-/m1/s1. The van der Waals surface area contributed by atoms with Crippen LogP contribution in [0.3, 0.4) is 0 Å². The number of fused-ring (bicyclic) bond motifs is 1. The number of methoxy groups -OCH3 is 2. The maximum Gasteiger partial charge on any atom is 0.240 e. The fourth-order valence-corrected chi connectivity index (χ4v) is 7.28. The summed E-state index contributed by atoms with van der Waals surface area (Å²) in [4.78, 5) is 29.9. The molecule has 1 aliphatic heterocycles. The maximum atomic E-state index is 13.9. The Morgan fingerprint density at radius 2 is 1.79 bits per heavy atom. The number of thioether (sulfide) groups is 1. The number of benzene rings is 2. The molecule has 220 valence electrons. The molecule has 1 aliphatic rings. The molecule has 0 saturated heterocycles. The van der Waals surface area contributed by atoms with Crippen LogP contribution in [0.1, 0.15) is 40.7 Å². The molecule has 8 nitrogen and oxygen atoms in total. The highest BCUT2D eigenvalue weighted by Crippen LogP contribution is 2.52. The fourth-order valence-electron chi connectivity index (χ4n) is 5.10. The summed E-state index contributed by atoms with van der Waals surface area (Å²) < 4.78 is 13.5. The quantitative estimate of drug-likeness (QED) is 0.246. The molecule has 4 aromatic rings. The van der Waals surface area contributed by atoms with Crippen molar-refractivity contribution in [1.29, 1.82) is 0 Å². The first-order chi connectivity index (χ1) is 20.2. The lowest BCUT2D eigenvalue weighted by Gasteiger charge is -2.24. The highest BCUT2D eigenvalue weighted by molar-refractivity contribution is 8.00. The lowest BCUT2D eigenvalue weighted by atomic mass is 10.0. The van der Waals surface area contributed by atoms with Gasteiger partial charge in [-0.2, -0.15) is 5.10 Å². The Bertz CT molecular complexity index is 1570. The van der Waals surface area contributed by atoms with E-state index in [0.717, 1.165) is 27.3 Å². The minimum Gasteiger partial charge on any atom is -0.496 e. The number of aryl methyl sites for hydroxylation is 1. The number of amides is 2. The first kappa shape index (κ1) is 29.7. The van der Waals surface area contributed by atoms with Gasteiger partial charge < -0.3 is 14.8 Å². The number of nitrogens with one attached hydrogen (secondary N) is 1. The molecule has 0 saturated carbocycles. The van der Waals surface area contributed by atoms with Crippen molar-refractivity contribution >= 4 is 40.7 Å². The SMILES string of the molecule is COc1cccc(OC)c1-c1nn(-c2cccc(C)c2C)c2c1[C@@H](c1cccs1)SCC(=O)N2CC(=O)NCC(C)C. The number of anilines is 1. The van der Waals surface area contributed by atoms with Crippen LogP contribution >= 0.6 is 23.1 Å². The molecule has 0 aliphatic carbocycles. The van der Waals surface area contributed by atoms with Crippen LogP contribution in [0.25, 0.3) is 16.9 Å². The van der Waals surface area contributed by atoms with E-state index in [2.05, 4.69) is 24.4 Å². The van der Waals surface area contributed by atoms with Crippen molar-refractivity contribution in [1.82, 2.24) is 15.1 Å². The van der Waals surface area contributed by atoms with E-state index in [0.29, 0.717) is 35.1 Å². The van der Waals surface area contributed by atoms with Gasteiger partial charge in [-0.3, -0.25) is 14.5 Å². The van der Waals surface area contributed by atoms with Crippen molar-refractivity contribution in [2.45, 2.75) is 32.9 Å². The highest BCUT2D eigenvalue weighted by Gasteiger charge is 2.39. The Kier molecular flexibility index (Phi) is 8.93. The van der Waals surface area contributed by atoms with Crippen LogP contribution < -0.4 is 19.7 Å². The third kappa shape index (κ3) is 5.65. The fraction of sp³-hybridized carbons (Fsp3) is 0.344. The number of ether oxygens (including phenoxy) is 2. The summed E-state index contributed by atoms with van der Waals surface area (Å²) in [7, 11) is 3.25. The molecule has 2 aromatic heterocycles. The number of hydrogen-bond donors (Lipinski definition) is 1. The molecule has 0 spiro atoms. The lowest BCUT2D eigenvalue weighted by molar-refractivity contribution is -0.123. The second kappa shape index (κ2) is 12.6. The van der Waals surface area contributed by atoms with E-state index in [4.69, 9.17) is 14.6 Å². The number of carbonyl (C=O) groups excluding carboxylic acids is 2. The van der Waals surface area contributed by atoms with Crippen molar-refractivity contribution < 1.29 is 19.1 Å². The van der Waals surface area contributed by atoms with Crippen molar-refractivity contribution in [3.05, 3.63) is 75.5 Å². The zero-order chi connectivity index (χ0) is 30.0. The van der Waals surface area contributed by atoms with Crippen molar-refractivity contribution in [2.24, 2.45) is 5.92 Å². The zero-order valence-electron chi connectivity index (χ0n) is 24.8. The van der Waals surface area contributed by atoms with E-state index in [9.17, 15) is 9.59 Å². The third-order valence-corrected chi connectivity index (χ3v) is 9.69. The molecule has 1 N–H and O–H groups in total. The van der Waals surface area contributed by atoms with Crippen LogP contribution in [-0.4, -0.2) is 54.7 Å². The van der Waals surface area contributed by atoms with Crippen LogP contribution in [0, 0.1) is 19.8 Å². The average molecular weight is 605 g/mol. The molecule has 0 bridgehead atoms. The van der Waals surface area contributed by atoms with Crippen LogP contribution in [0.5, 0.6) is 11.5 Å². The number of nitrogens with zero attached hydrogens (tertiary/aromatic N) is 3. The van der Waals surface area contributed by atoms with Gasteiger partial charge in [0.25, 0.3) is 0 Å². The summed E-state index contributed by atoms with van der Waals surface area (Å²) >= 11 is 3.18. The summed E-state index contributed by atoms with van der Waals surface area (Å²) in [6.45, 7) is 8.60. The van der Waals surface area contributed by atoms with Crippen molar-refractivity contribution in [2.75, 3.05) is 38.0 Å². The molecule has 2 aromatic carbocycles. The molecule has 2 amide bonds. The zero-order valence-corrected chi connectivity index (χ0v) is 26.4. The topological polar surface area (TPSA) is 85.7 Å². The summed E-state index contributed by atoms with van der Waals surface area (Å²) in [5.41, 5.74) is 5.15. The molecular weight excluding hydrogens is 569 g/mol. The van der Waals surface area contributed by atoms with Gasteiger partial charge in [0.05, 0.1) is 36.5 Å². The number of aromatic nitrogens is 2. The van der Waals surface area contributed by atoms with Gasteiger partial charge in [0.15, 0.2) is 0 Å². The largest absolute Gasteiger partial charge is 0.496 e. The van der Waals surface area contributed by atoms with E-state index in [-0.39, 0.29) is 35.3 Å². The predicted molar refractivity (Wildman–Crippen MR) is 170 cm³/mol. The van der Waals surface area contributed by atoms with Crippen LogP contribution in [0.15, 0.2) is 53.9 Å². The Morgan fingerprint density at radius 3 is 2.43 bits per heavy atom. The summed E-state index contributed by atoms with van der Waals surface area (Å²) in [6.07, 6.45) is 0.